The van der Waals surface area contributed by atoms with Crippen LogP contribution < -0.4 is 10.2 Å². The molecule has 1 aliphatic rings. The Morgan fingerprint density at radius 3 is 2.71 bits per heavy atom. The standard InChI is InChI=1S/C23H22N6O4S/c1-14-3-5-17(15(2)11-14)20-13-34-23-25-22(26-28(20)23)24-21(30)16-4-6-18(19(12-16)29(31)32)27-7-9-33-10-8-27/h3-6,11-13H,7-10H2,1-2H3,(H,24,26,30). The molecule has 0 unspecified atom stereocenters. The number of benzene rings is 2. The number of anilines is 2. The van der Waals surface area contributed by atoms with Crippen LogP contribution in [0.15, 0.2) is 41.8 Å². The Kier molecular flexibility index (Phi) is 5.72. The van der Waals surface area contributed by atoms with Crippen molar-refractivity contribution in [2.75, 3.05) is 36.5 Å². The van der Waals surface area contributed by atoms with Crippen molar-refractivity contribution in [3.63, 3.8) is 0 Å². The van der Waals surface area contributed by atoms with Crippen LogP contribution in [0.4, 0.5) is 17.3 Å². The van der Waals surface area contributed by atoms with Crippen LogP contribution in [0.5, 0.6) is 0 Å². The van der Waals surface area contributed by atoms with Crippen LogP contribution >= 0.6 is 11.3 Å². The first-order valence-electron chi connectivity index (χ1n) is 10.7. The van der Waals surface area contributed by atoms with E-state index in [1.54, 1.807) is 16.6 Å². The van der Waals surface area contributed by atoms with Crippen molar-refractivity contribution in [1.29, 1.82) is 0 Å². The average Bonchev–Trinajstić information content (AvgIpc) is 3.40. The molecular weight excluding hydrogens is 456 g/mol. The number of aromatic nitrogens is 3. The van der Waals surface area contributed by atoms with Crippen molar-refractivity contribution in [2.24, 2.45) is 0 Å². The molecule has 1 saturated heterocycles. The predicted octanol–water partition coefficient (Wildman–Crippen LogP) is 4.07. The molecule has 0 radical (unpaired) electrons. The van der Waals surface area contributed by atoms with Gasteiger partial charge in [-0.25, -0.2) is 4.52 Å². The Labute approximate surface area is 198 Å². The average molecular weight is 479 g/mol. The van der Waals surface area contributed by atoms with Gasteiger partial charge in [-0.3, -0.25) is 20.2 Å². The number of nitro groups is 1. The highest BCUT2D eigenvalue weighted by molar-refractivity contribution is 7.15. The Morgan fingerprint density at radius 1 is 1.18 bits per heavy atom. The predicted molar refractivity (Wildman–Crippen MR) is 130 cm³/mol. The van der Waals surface area contributed by atoms with Gasteiger partial charge in [0.2, 0.25) is 4.96 Å². The largest absolute Gasteiger partial charge is 0.378 e. The topological polar surface area (TPSA) is 115 Å². The van der Waals surface area contributed by atoms with E-state index in [-0.39, 0.29) is 17.2 Å². The van der Waals surface area contributed by atoms with Gasteiger partial charge < -0.3 is 9.64 Å². The number of rotatable bonds is 5. The second-order valence-electron chi connectivity index (χ2n) is 8.08. The molecule has 34 heavy (non-hydrogen) atoms. The van der Waals surface area contributed by atoms with Gasteiger partial charge in [0.25, 0.3) is 17.5 Å². The minimum absolute atomic E-state index is 0.120. The second-order valence-corrected chi connectivity index (χ2v) is 8.92. The summed E-state index contributed by atoms with van der Waals surface area (Å²) in [4.78, 5) is 31.0. The number of nitrogens with one attached hydrogen (secondary N) is 1. The Balaban J connectivity index is 1.41. The zero-order valence-corrected chi connectivity index (χ0v) is 19.5. The Bertz CT molecular complexity index is 1410. The molecule has 3 heterocycles. The molecule has 1 fully saturated rings. The maximum absolute atomic E-state index is 12.9. The van der Waals surface area contributed by atoms with Gasteiger partial charge in [-0.2, -0.15) is 4.98 Å². The van der Waals surface area contributed by atoms with E-state index in [2.05, 4.69) is 21.5 Å². The summed E-state index contributed by atoms with van der Waals surface area (Å²) in [5.74, 6) is -0.370. The third-order valence-electron chi connectivity index (χ3n) is 5.75. The summed E-state index contributed by atoms with van der Waals surface area (Å²) in [7, 11) is 0. The van der Waals surface area contributed by atoms with Gasteiger partial charge in [0.1, 0.15) is 5.69 Å². The summed E-state index contributed by atoms with van der Waals surface area (Å²) in [5, 5.41) is 20.8. The summed E-state index contributed by atoms with van der Waals surface area (Å²) in [6, 6.07) is 10.7. The van der Waals surface area contributed by atoms with Crippen LogP contribution in [0.1, 0.15) is 21.5 Å². The molecule has 4 aromatic rings. The SMILES string of the molecule is Cc1ccc(-c2csc3nc(NC(=O)c4ccc(N5CCOCC5)c([N+](=O)[O-])c4)nn23)c(C)c1. The lowest BCUT2D eigenvalue weighted by atomic mass is 10.0. The molecule has 2 aromatic heterocycles. The number of ether oxygens (including phenoxy) is 1. The third kappa shape index (κ3) is 4.11. The highest BCUT2D eigenvalue weighted by Crippen LogP contribution is 2.31. The number of hydrogen-bond donors (Lipinski definition) is 1. The quantitative estimate of drug-likeness (QED) is 0.340. The van der Waals surface area contributed by atoms with E-state index in [0.717, 1.165) is 16.8 Å². The molecule has 1 amide bonds. The summed E-state index contributed by atoms with van der Waals surface area (Å²) in [6.45, 7) is 6.22. The lowest BCUT2D eigenvalue weighted by Crippen LogP contribution is -2.36. The normalized spacial score (nSPS) is 13.9. The number of fused-ring (bicyclic) bond motifs is 1. The van der Waals surface area contributed by atoms with Crippen LogP contribution in [-0.4, -0.2) is 51.7 Å². The van der Waals surface area contributed by atoms with Gasteiger partial charge in [-0.1, -0.05) is 23.8 Å². The fourth-order valence-electron chi connectivity index (χ4n) is 4.08. The van der Waals surface area contributed by atoms with Gasteiger partial charge in [0.15, 0.2) is 0 Å². The molecule has 174 valence electrons. The minimum atomic E-state index is -0.511. The number of aryl methyl sites for hydroxylation is 2. The molecule has 10 nitrogen and oxygen atoms in total. The van der Waals surface area contributed by atoms with E-state index >= 15 is 0 Å². The smallest absolute Gasteiger partial charge is 0.293 e. The van der Waals surface area contributed by atoms with Crippen molar-refractivity contribution in [3.05, 3.63) is 68.6 Å². The van der Waals surface area contributed by atoms with Gasteiger partial charge in [0.05, 0.1) is 23.8 Å². The molecular formula is C23H22N6O4S. The summed E-state index contributed by atoms with van der Waals surface area (Å²) >= 11 is 1.42. The van der Waals surface area contributed by atoms with Gasteiger partial charge >= 0.3 is 0 Å². The fraction of sp³-hybridized carbons (Fsp3) is 0.261. The van der Waals surface area contributed by atoms with E-state index < -0.39 is 10.8 Å². The van der Waals surface area contributed by atoms with Crippen LogP contribution in [0.3, 0.4) is 0 Å². The van der Waals surface area contributed by atoms with Crippen LogP contribution in [0.2, 0.25) is 0 Å². The first kappa shape index (κ1) is 22.0. The summed E-state index contributed by atoms with van der Waals surface area (Å²) in [5.41, 5.74) is 4.73. The number of amides is 1. The van der Waals surface area contributed by atoms with Crippen molar-refractivity contribution in [1.82, 2.24) is 14.6 Å². The highest BCUT2D eigenvalue weighted by atomic mass is 32.1. The second kappa shape index (κ2) is 8.84. The number of thiazole rings is 1. The molecule has 0 saturated carbocycles. The van der Waals surface area contributed by atoms with Crippen molar-refractivity contribution >= 4 is 39.5 Å². The summed E-state index contributed by atoms with van der Waals surface area (Å²) in [6.07, 6.45) is 0. The first-order chi connectivity index (χ1) is 16.4. The maximum atomic E-state index is 12.9. The fourth-order valence-corrected chi connectivity index (χ4v) is 4.90. The van der Waals surface area contributed by atoms with Crippen molar-refractivity contribution in [2.45, 2.75) is 13.8 Å². The number of hydrogen-bond acceptors (Lipinski definition) is 8. The molecule has 1 aliphatic heterocycles. The number of morpholine rings is 1. The van der Waals surface area contributed by atoms with E-state index in [1.807, 2.05) is 36.3 Å². The van der Waals surface area contributed by atoms with Gasteiger partial charge in [-0.05, 0) is 31.5 Å². The molecule has 0 bridgehead atoms. The first-order valence-corrected chi connectivity index (χ1v) is 11.6. The third-order valence-corrected chi connectivity index (χ3v) is 6.57. The maximum Gasteiger partial charge on any atom is 0.293 e. The van der Waals surface area contributed by atoms with Crippen LogP contribution in [0.25, 0.3) is 16.2 Å². The minimum Gasteiger partial charge on any atom is -0.378 e. The lowest BCUT2D eigenvalue weighted by Gasteiger charge is -2.28. The van der Waals surface area contributed by atoms with E-state index in [9.17, 15) is 14.9 Å². The molecule has 5 rings (SSSR count). The number of nitro benzene ring substituents is 1. The zero-order valence-electron chi connectivity index (χ0n) is 18.6. The Hall–Kier alpha value is -3.83. The number of carbonyl (C=O) groups excluding carboxylic acids is 1. The zero-order chi connectivity index (χ0) is 23.8. The number of nitrogens with zero attached hydrogens (tertiary/aromatic N) is 5. The molecule has 0 spiro atoms. The van der Waals surface area contributed by atoms with Gasteiger partial charge in [0, 0.05) is 35.7 Å². The molecule has 11 heteroatoms. The molecule has 0 aliphatic carbocycles. The van der Waals surface area contributed by atoms with E-state index in [4.69, 9.17) is 4.74 Å². The summed E-state index contributed by atoms with van der Waals surface area (Å²) < 4.78 is 7.02. The van der Waals surface area contributed by atoms with E-state index in [1.165, 1.54) is 23.0 Å². The van der Waals surface area contributed by atoms with Crippen molar-refractivity contribution < 1.29 is 14.5 Å². The molecule has 0 atom stereocenters. The van der Waals surface area contributed by atoms with Crippen LogP contribution in [-0.2, 0) is 4.74 Å². The van der Waals surface area contributed by atoms with E-state index in [0.29, 0.717) is 37.0 Å². The van der Waals surface area contributed by atoms with Gasteiger partial charge in [-0.15, -0.1) is 16.4 Å². The van der Waals surface area contributed by atoms with Crippen molar-refractivity contribution in [3.8, 4) is 11.3 Å². The Morgan fingerprint density at radius 2 is 1.97 bits per heavy atom. The highest BCUT2D eigenvalue weighted by Gasteiger charge is 2.24. The monoisotopic (exact) mass is 478 g/mol. The van der Waals surface area contributed by atoms with Crippen LogP contribution in [0, 0.1) is 24.0 Å². The number of carbonyl (C=O) groups is 1. The molecule has 2 aromatic carbocycles. The molecule has 1 N–H and O–H groups in total. The lowest BCUT2D eigenvalue weighted by molar-refractivity contribution is -0.384.